The molecule has 1 aromatic heterocycles. The van der Waals surface area contributed by atoms with E-state index in [1.165, 1.54) is 0 Å². The molecular weight excluding hydrogens is 326 g/mol. The van der Waals surface area contributed by atoms with Crippen LogP contribution in [0.3, 0.4) is 0 Å². The Morgan fingerprint density at radius 3 is 2.57 bits per heavy atom. The number of nitriles is 1. The molecule has 0 N–H and O–H groups in total. The van der Waals surface area contributed by atoms with Crippen molar-refractivity contribution >= 4 is 23.1 Å². The van der Waals surface area contributed by atoms with E-state index >= 15 is 0 Å². The van der Waals surface area contributed by atoms with E-state index < -0.39 is 0 Å². The van der Waals surface area contributed by atoms with Crippen LogP contribution >= 0.6 is 23.1 Å². The van der Waals surface area contributed by atoms with Gasteiger partial charge in [0, 0.05) is 26.2 Å². The fourth-order valence-corrected chi connectivity index (χ4v) is 4.11. The van der Waals surface area contributed by atoms with Gasteiger partial charge >= 0.3 is 0 Å². The standard InChI is InChI=1S/C16H19N5S2/c1-22-16-19-18-15(23-16)12-20-7-9-21(10-8-20)14(11-17)13-5-3-2-4-6-13/h2-6,14H,7-10,12H2,1H3. The van der Waals surface area contributed by atoms with Crippen LogP contribution in [-0.2, 0) is 6.54 Å². The molecule has 7 heteroatoms. The van der Waals surface area contributed by atoms with Crippen molar-refractivity contribution in [3.05, 3.63) is 40.9 Å². The maximum atomic E-state index is 9.54. The molecule has 1 unspecified atom stereocenters. The molecule has 2 heterocycles. The van der Waals surface area contributed by atoms with Gasteiger partial charge in [0.15, 0.2) is 4.34 Å². The van der Waals surface area contributed by atoms with Gasteiger partial charge in [-0.15, -0.1) is 10.2 Å². The third-order valence-electron chi connectivity index (χ3n) is 3.99. The van der Waals surface area contributed by atoms with Crippen molar-refractivity contribution in [1.29, 1.82) is 5.26 Å². The first-order chi connectivity index (χ1) is 11.3. The van der Waals surface area contributed by atoms with Crippen molar-refractivity contribution in [3.8, 4) is 6.07 Å². The molecule has 1 aliphatic rings. The summed E-state index contributed by atoms with van der Waals surface area (Å²) in [5.41, 5.74) is 1.08. The molecule has 1 atom stereocenters. The second kappa shape index (κ2) is 7.88. The number of hydrogen-bond acceptors (Lipinski definition) is 7. The molecule has 0 amide bonds. The van der Waals surface area contributed by atoms with Crippen molar-refractivity contribution < 1.29 is 0 Å². The van der Waals surface area contributed by atoms with E-state index in [0.717, 1.165) is 47.6 Å². The lowest BCUT2D eigenvalue weighted by atomic mass is 10.1. The smallest absolute Gasteiger partial charge is 0.174 e. The third kappa shape index (κ3) is 4.09. The van der Waals surface area contributed by atoms with Gasteiger partial charge in [-0.1, -0.05) is 53.4 Å². The van der Waals surface area contributed by atoms with Gasteiger partial charge < -0.3 is 0 Å². The average Bonchev–Trinajstić information content (AvgIpc) is 3.06. The van der Waals surface area contributed by atoms with E-state index in [2.05, 4.69) is 26.1 Å². The molecule has 120 valence electrons. The molecule has 0 radical (unpaired) electrons. The van der Waals surface area contributed by atoms with E-state index in [1.807, 2.05) is 36.6 Å². The van der Waals surface area contributed by atoms with E-state index in [0.29, 0.717) is 0 Å². The van der Waals surface area contributed by atoms with Crippen LogP contribution in [-0.4, -0.2) is 52.4 Å². The average molecular weight is 345 g/mol. The molecule has 1 aliphatic heterocycles. The van der Waals surface area contributed by atoms with Gasteiger partial charge in [0.2, 0.25) is 0 Å². The van der Waals surface area contributed by atoms with Crippen molar-refractivity contribution in [2.45, 2.75) is 16.9 Å². The summed E-state index contributed by atoms with van der Waals surface area (Å²) in [4.78, 5) is 4.65. The molecule has 1 fully saturated rings. The Labute approximate surface area is 144 Å². The normalized spacial score (nSPS) is 17.7. The minimum Gasteiger partial charge on any atom is -0.294 e. The lowest BCUT2D eigenvalue weighted by Crippen LogP contribution is -2.46. The number of thioether (sulfide) groups is 1. The highest BCUT2D eigenvalue weighted by atomic mass is 32.2. The molecule has 0 bridgehead atoms. The van der Waals surface area contributed by atoms with Gasteiger partial charge in [-0.25, -0.2) is 0 Å². The monoisotopic (exact) mass is 345 g/mol. The molecule has 5 nitrogen and oxygen atoms in total. The van der Waals surface area contributed by atoms with E-state index in [9.17, 15) is 5.26 Å². The Balaban J connectivity index is 1.56. The molecule has 1 saturated heterocycles. The van der Waals surface area contributed by atoms with Gasteiger partial charge in [0.25, 0.3) is 0 Å². The van der Waals surface area contributed by atoms with Gasteiger partial charge in [-0.05, 0) is 11.8 Å². The number of hydrogen-bond donors (Lipinski definition) is 0. The maximum absolute atomic E-state index is 9.54. The first-order valence-corrected chi connectivity index (χ1v) is 9.61. The van der Waals surface area contributed by atoms with Crippen LogP contribution in [0.2, 0.25) is 0 Å². The lowest BCUT2D eigenvalue weighted by Gasteiger charge is -2.36. The molecule has 3 rings (SSSR count). The van der Waals surface area contributed by atoms with Crippen LogP contribution in [0.15, 0.2) is 34.7 Å². The fraction of sp³-hybridized carbons (Fsp3) is 0.438. The van der Waals surface area contributed by atoms with E-state index in [1.54, 1.807) is 23.1 Å². The van der Waals surface area contributed by atoms with E-state index in [4.69, 9.17) is 0 Å². The molecule has 1 aromatic carbocycles. The molecule has 23 heavy (non-hydrogen) atoms. The summed E-state index contributed by atoms with van der Waals surface area (Å²) in [7, 11) is 0. The molecular formula is C16H19N5S2. The van der Waals surface area contributed by atoms with Crippen molar-refractivity contribution in [1.82, 2.24) is 20.0 Å². The van der Waals surface area contributed by atoms with Crippen LogP contribution in [0.25, 0.3) is 0 Å². The highest BCUT2D eigenvalue weighted by Crippen LogP contribution is 2.23. The predicted molar refractivity (Wildman–Crippen MR) is 93.3 cm³/mol. The topological polar surface area (TPSA) is 56.1 Å². The summed E-state index contributed by atoms with van der Waals surface area (Å²) in [5.74, 6) is 0. The Bertz CT molecular complexity index is 659. The molecule has 0 saturated carbocycles. The Morgan fingerprint density at radius 1 is 1.22 bits per heavy atom. The predicted octanol–water partition coefficient (Wildman–Crippen LogP) is 2.64. The highest BCUT2D eigenvalue weighted by molar-refractivity contribution is 8.00. The summed E-state index contributed by atoms with van der Waals surface area (Å²) >= 11 is 3.31. The summed E-state index contributed by atoms with van der Waals surface area (Å²) in [6.07, 6.45) is 2.02. The lowest BCUT2D eigenvalue weighted by molar-refractivity contribution is 0.109. The minimum atomic E-state index is -0.150. The maximum Gasteiger partial charge on any atom is 0.174 e. The zero-order chi connectivity index (χ0) is 16.1. The number of aromatic nitrogens is 2. The number of rotatable bonds is 5. The summed E-state index contributed by atoms with van der Waals surface area (Å²) in [6.45, 7) is 4.58. The Kier molecular flexibility index (Phi) is 5.62. The number of benzene rings is 1. The largest absolute Gasteiger partial charge is 0.294 e. The van der Waals surface area contributed by atoms with Crippen LogP contribution in [0.5, 0.6) is 0 Å². The first kappa shape index (κ1) is 16.4. The molecule has 2 aromatic rings. The van der Waals surface area contributed by atoms with Crippen LogP contribution in [0.4, 0.5) is 0 Å². The van der Waals surface area contributed by atoms with Crippen molar-refractivity contribution in [2.75, 3.05) is 32.4 Å². The number of piperazine rings is 1. The molecule has 0 spiro atoms. The zero-order valence-electron chi connectivity index (χ0n) is 13.1. The van der Waals surface area contributed by atoms with Crippen molar-refractivity contribution in [3.63, 3.8) is 0 Å². The highest BCUT2D eigenvalue weighted by Gasteiger charge is 2.25. The second-order valence-electron chi connectivity index (χ2n) is 5.42. The second-order valence-corrected chi connectivity index (χ2v) is 7.54. The van der Waals surface area contributed by atoms with Crippen LogP contribution in [0.1, 0.15) is 16.6 Å². The SMILES string of the molecule is CSc1nnc(CN2CCN(C(C#N)c3ccccc3)CC2)s1. The Hall–Kier alpha value is -1.46. The van der Waals surface area contributed by atoms with Gasteiger partial charge in [0.1, 0.15) is 11.0 Å². The number of nitrogens with zero attached hydrogens (tertiary/aromatic N) is 5. The van der Waals surface area contributed by atoms with Gasteiger partial charge in [-0.3, -0.25) is 9.80 Å². The van der Waals surface area contributed by atoms with E-state index in [-0.39, 0.29) is 6.04 Å². The fourth-order valence-electron chi connectivity index (χ4n) is 2.76. The first-order valence-electron chi connectivity index (χ1n) is 7.57. The molecule has 0 aliphatic carbocycles. The van der Waals surface area contributed by atoms with Gasteiger partial charge in [0.05, 0.1) is 12.6 Å². The minimum absolute atomic E-state index is 0.150. The van der Waals surface area contributed by atoms with Gasteiger partial charge in [-0.2, -0.15) is 5.26 Å². The van der Waals surface area contributed by atoms with Crippen molar-refractivity contribution in [2.24, 2.45) is 0 Å². The summed E-state index contributed by atoms with van der Waals surface area (Å²) in [5, 5.41) is 19.0. The summed E-state index contributed by atoms with van der Waals surface area (Å²) in [6, 6.07) is 12.3. The zero-order valence-corrected chi connectivity index (χ0v) is 14.7. The Morgan fingerprint density at radius 2 is 1.96 bits per heavy atom. The quantitative estimate of drug-likeness (QED) is 0.777. The third-order valence-corrected chi connectivity index (χ3v) is 5.87. The van der Waals surface area contributed by atoms with Crippen LogP contribution in [0, 0.1) is 11.3 Å². The van der Waals surface area contributed by atoms with Crippen LogP contribution < -0.4 is 0 Å². The summed E-state index contributed by atoms with van der Waals surface area (Å²) < 4.78 is 1.02.